The molecule has 0 radical (unpaired) electrons. The zero-order chi connectivity index (χ0) is 12.3. The van der Waals surface area contributed by atoms with Crippen LogP contribution in [-0.2, 0) is 4.79 Å². The molecule has 0 aromatic heterocycles. The molecule has 3 nitrogen and oxygen atoms in total. The summed E-state index contributed by atoms with van der Waals surface area (Å²) in [6, 6.07) is -0.821. The van der Waals surface area contributed by atoms with Crippen LogP contribution in [0, 0.1) is 5.92 Å². The smallest absolute Gasteiger partial charge is 0.353 e. The molecule has 1 heterocycles. The average molecular weight is 238 g/mol. The fraction of sp³-hybridized carbons (Fsp3) is 0.900. The summed E-state index contributed by atoms with van der Waals surface area (Å²) in [4.78, 5) is 11.6. The first-order chi connectivity index (χ1) is 7.29. The molecule has 0 aromatic rings. The van der Waals surface area contributed by atoms with Crippen molar-refractivity contribution in [2.75, 3.05) is 6.54 Å². The van der Waals surface area contributed by atoms with Crippen molar-refractivity contribution in [2.45, 2.75) is 44.9 Å². The molecule has 1 saturated heterocycles. The van der Waals surface area contributed by atoms with Gasteiger partial charge < -0.3 is 10.6 Å². The summed E-state index contributed by atoms with van der Waals surface area (Å²) in [6.07, 6.45) is -4.52. The van der Waals surface area contributed by atoms with Crippen molar-refractivity contribution in [3.63, 3.8) is 0 Å². The van der Waals surface area contributed by atoms with Crippen molar-refractivity contribution < 1.29 is 18.0 Å². The van der Waals surface area contributed by atoms with Crippen molar-refractivity contribution in [3.8, 4) is 0 Å². The molecule has 16 heavy (non-hydrogen) atoms. The SMILES string of the molecule is CC(CC(F)(F)F)NC(=O)C1CCNC1C. The molecule has 1 rings (SSSR count). The quantitative estimate of drug-likeness (QED) is 0.781. The van der Waals surface area contributed by atoms with E-state index in [1.807, 2.05) is 6.92 Å². The van der Waals surface area contributed by atoms with E-state index in [9.17, 15) is 18.0 Å². The summed E-state index contributed by atoms with van der Waals surface area (Å²) in [5.41, 5.74) is 0. The van der Waals surface area contributed by atoms with Crippen LogP contribution in [0.2, 0.25) is 0 Å². The van der Waals surface area contributed by atoms with Gasteiger partial charge in [-0.1, -0.05) is 0 Å². The molecular weight excluding hydrogens is 221 g/mol. The lowest BCUT2D eigenvalue weighted by molar-refractivity contribution is -0.142. The van der Waals surface area contributed by atoms with Crippen LogP contribution in [0.25, 0.3) is 0 Å². The minimum atomic E-state index is -4.23. The van der Waals surface area contributed by atoms with Gasteiger partial charge in [0.25, 0.3) is 0 Å². The van der Waals surface area contributed by atoms with Crippen molar-refractivity contribution >= 4 is 5.91 Å². The molecule has 1 aliphatic heterocycles. The average Bonchev–Trinajstić information content (AvgIpc) is 2.47. The van der Waals surface area contributed by atoms with Crippen LogP contribution < -0.4 is 10.6 Å². The van der Waals surface area contributed by atoms with Gasteiger partial charge in [-0.25, -0.2) is 0 Å². The third-order valence-electron chi connectivity index (χ3n) is 2.79. The molecule has 94 valence electrons. The summed E-state index contributed by atoms with van der Waals surface area (Å²) in [5.74, 6) is -0.495. The van der Waals surface area contributed by atoms with Gasteiger partial charge in [0, 0.05) is 12.1 Å². The highest BCUT2D eigenvalue weighted by atomic mass is 19.4. The molecule has 3 unspecified atom stereocenters. The number of carbonyl (C=O) groups is 1. The highest BCUT2D eigenvalue weighted by Crippen LogP contribution is 2.22. The molecule has 1 aliphatic rings. The monoisotopic (exact) mass is 238 g/mol. The Morgan fingerprint density at radius 1 is 1.56 bits per heavy atom. The van der Waals surface area contributed by atoms with E-state index in [0.29, 0.717) is 6.42 Å². The maximum absolute atomic E-state index is 12.0. The second kappa shape index (κ2) is 5.03. The Morgan fingerprint density at radius 2 is 2.19 bits per heavy atom. The van der Waals surface area contributed by atoms with E-state index in [2.05, 4.69) is 10.6 Å². The third kappa shape index (κ3) is 4.00. The van der Waals surface area contributed by atoms with Gasteiger partial charge in [-0.3, -0.25) is 4.79 Å². The van der Waals surface area contributed by atoms with Crippen LogP contribution >= 0.6 is 0 Å². The van der Waals surface area contributed by atoms with Crippen molar-refractivity contribution in [3.05, 3.63) is 0 Å². The summed E-state index contributed by atoms with van der Waals surface area (Å²) in [6.45, 7) is 3.98. The molecule has 0 bridgehead atoms. The standard InChI is InChI=1S/C10H17F3N2O/c1-6(5-10(11,12)13)15-9(16)8-3-4-14-7(8)2/h6-8,14H,3-5H2,1-2H3,(H,15,16). The van der Waals surface area contributed by atoms with Gasteiger partial charge in [-0.05, 0) is 26.8 Å². The molecule has 0 aromatic carbocycles. The summed E-state index contributed by atoms with van der Waals surface area (Å²) in [5, 5.41) is 5.50. The lowest BCUT2D eigenvalue weighted by Crippen LogP contribution is -2.42. The van der Waals surface area contributed by atoms with E-state index in [-0.39, 0.29) is 17.9 Å². The van der Waals surface area contributed by atoms with Gasteiger partial charge in [0.1, 0.15) is 0 Å². The predicted octanol–water partition coefficient (Wildman–Crippen LogP) is 1.44. The predicted molar refractivity (Wildman–Crippen MR) is 53.8 cm³/mol. The van der Waals surface area contributed by atoms with Gasteiger partial charge >= 0.3 is 6.18 Å². The van der Waals surface area contributed by atoms with Gasteiger partial charge in [-0.15, -0.1) is 0 Å². The first-order valence-corrected chi connectivity index (χ1v) is 5.40. The molecule has 0 spiro atoms. The summed E-state index contributed by atoms with van der Waals surface area (Å²) < 4.78 is 36.1. The Morgan fingerprint density at radius 3 is 2.62 bits per heavy atom. The Bertz CT molecular complexity index is 255. The molecule has 2 N–H and O–H groups in total. The lowest BCUT2D eigenvalue weighted by Gasteiger charge is -2.20. The van der Waals surface area contributed by atoms with Crippen LogP contribution in [0.1, 0.15) is 26.7 Å². The third-order valence-corrected chi connectivity index (χ3v) is 2.79. The zero-order valence-electron chi connectivity index (χ0n) is 9.40. The van der Waals surface area contributed by atoms with Gasteiger partial charge in [-0.2, -0.15) is 13.2 Å². The normalized spacial score (nSPS) is 27.8. The number of hydrogen-bond acceptors (Lipinski definition) is 2. The molecule has 0 saturated carbocycles. The van der Waals surface area contributed by atoms with Crippen LogP contribution in [0.15, 0.2) is 0 Å². The number of nitrogens with one attached hydrogen (secondary N) is 2. The van der Waals surface area contributed by atoms with Crippen molar-refractivity contribution in [1.82, 2.24) is 10.6 Å². The van der Waals surface area contributed by atoms with Crippen molar-refractivity contribution in [2.24, 2.45) is 5.92 Å². The number of hydrogen-bond donors (Lipinski definition) is 2. The van der Waals surface area contributed by atoms with Crippen LogP contribution in [0.5, 0.6) is 0 Å². The summed E-state index contributed by atoms with van der Waals surface area (Å²) >= 11 is 0. The Hall–Kier alpha value is -0.780. The Labute approximate surface area is 92.8 Å². The van der Waals surface area contributed by atoms with E-state index in [1.54, 1.807) is 0 Å². The highest BCUT2D eigenvalue weighted by Gasteiger charge is 2.33. The van der Waals surface area contributed by atoms with Crippen molar-refractivity contribution in [1.29, 1.82) is 0 Å². The Kier molecular flexibility index (Phi) is 4.18. The molecule has 1 fully saturated rings. The van der Waals surface area contributed by atoms with Crippen LogP contribution in [0.4, 0.5) is 13.2 Å². The first-order valence-electron chi connectivity index (χ1n) is 5.40. The topological polar surface area (TPSA) is 41.1 Å². The largest absolute Gasteiger partial charge is 0.391 e. The van der Waals surface area contributed by atoms with E-state index in [4.69, 9.17) is 0 Å². The molecule has 0 aliphatic carbocycles. The lowest BCUT2D eigenvalue weighted by atomic mass is 10.0. The second-order valence-electron chi connectivity index (χ2n) is 4.37. The maximum atomic E-state index is 12.0. The number of alkyl halides is 3. The zero-order valence-corrected chi connectivity index (χ0v) is 9.40. The minimum Gasteiger partial charge on any atom is -0.353 e. The second-order valence-corrected chi connectivity index (χ2v) is 4.37. The molecular formula is C10H17F3N2O. The van der Waals surface area contributed by atoms with E-state index in [1.165, 1.54) is 6.92 Å². The van der Waals surface area contributed by atoms with E-state index >= 15 is 0 Å². The number of amides is 1. The number of halogens is 3. The highest BCUT2D eigenvalue weighted by molar-refractivity contribution is 5.80. The Balaban J connectivity index is 2.39. The van der Waals surface area contributed by atoms with Gasteiger partial charge in [0.2, 0.25) is 5.91 Å². The molecule has 1 amide bonds. The fourth-order valence-electron chi connectivity index (χ4n) is 1.97. The molecule has 3 atom stereocenters. The van der Waals surface area contributed by atoms with Crippen LogP contribution in [0.3, 0.4) is 0 Å². The van der Waals surface area contributed by atoms with E-state index < -0.39 is 18.6 Å². The van der Waals surface area contributed by atoms with Crippen LogP contribution in [-0.4, -0.2) is 30.7 Å². The summed E-state index contributed by atoms with van der Waals surface area (Å²) in [7, 11) is 0. The number of rotatable bonds is 3. The first kappa shape index (κ1) is 13.3. The van der Waals surface area contributed by atoms with Gasteiger partial charge in [0.05, 0.1) is 12.3 Å². The fourth-order valence-corrected chi connectivity index (χ4v) is 1.97. The van der Waals surface area contributed by atoms with E-state index in [0.717, 1.165) is 6.54 Å². The number of carbonyl (C=O) groups excluding carboxylic acids is 1. The maximum Gasteiger partial charge on any atom is 0.391 e. The minimum absolute atomic E-state index is 0.0399. The molecule has 6 heteroatoms. The van der Waals surface area contributed by atoms with Gasteiger partial charge in [0.15, 0.2) is 0 Å².